The zero-order chi connectivity index (χ0) is 15.7. The first kappa shape index (κ1) is 19.0. The molecule has 1 fully saturated rings. The fourth-order valence-electron chi connectivity index (χ4n) is 2.48. The number of hydrogen-bond donors (Lipinski definition) is 2. The standard InChI is InChI=1S/C15H29NO3S2/c1-3-13(2)15(17)20-12-11-16-21(18,19)14-9-7-5-4-6-8-10-14/h3,14-17H,4-12H2,1-2H3. The van der Waals surface area contributed by atoms with Gasteiger partial charge >= 0.3 is 0 Å². The Balaban J connectivity index is 2.34. The molecule has 0 spiro atoms. The van der Waals surface area contributed by atoms with Gasteiger partial charge in [-0.25, -0.2) is 13.1 Å². The van der Waals surface area contributed by atoms with E-state index >= 15 is 0 Å². The molecule has 21 heavy (non-hydrogen) atoms. The number of aliphatic hydroxyl groups excluding tert-OH is 1. The van der Waals surface area contributed by atoms with Gasteiger partial charge in [0.1, 0.15) is 5.44 Å². The maximum Gasteiger partial charge on any atom is 0.214 e. The van der Waals surface area contributed by atoms with Crippen LogP contribution in [0.1, 0.15) is 58.8 Å². The highest BCUT2D eigenvalue weighted by Gasteiger charge is 2.25. The third kappa shape index (κ3) is 7.17. The molecule has 0 amide bonds. The van der Waals surface area contributed by atoms with E-state index < -0.39 is 15.5 Å². The van der Waals surface area contributed by atoms with Crippen LogP contribution < -0.4 is 4.72 Å². The predicted molar refractivity (Wildman–Crippen MR) is 90.9 cm³/mol. The molecule has 0 heterocycles. The highest BCUT2D eigenvalue weighted by Crippen LogP contribution is 2.22. The Hall–Kier alpha value is -0.0400. The summed E-state index contributed by atoms with van der Waals surface area (Å²) in [6, 6.07) is 0. The molecule has 0 saturated heterocycles. The maximum absolute atomic E-state index is 12.3. The van der Waals surface area contributed by atoms with Gasteiger partial charge in [-0.3, -0.25) is 0 Å². The first-order chi connectivity index (χ1) is 9.97. The second-order valence-electron chi connectivity index (χ2n) is 5.66. The lowest BCUT2D eigenvalue weighted by atomic mass is 10.0. The normalized spacial score (nSPS) is 20.8. The Labute approximate surface area is 133 Å². The van der Waals surface area contributed by atoms with Crippen molar-refractivity contribution in [3.8, 4) is 0 Å². The van der Waals surface area contributed by atoms with Gasteiger partial charge in [-0.2, -0.15) is 0 Å². The minimum atomic E-state index is -3.21. The number of aliphatic hydroxyl groups is 1. The van der Waals surface area contributed by atoms with Crippen LogP contribution in [0.4, 0.5) is 0 Å². The summed E-state index contributed by atoms with van der Waals surface area (Å²) in [5, 5.41) is 9.55. The second kappa shape index (κ2) is 9.87. The van der Waals surface area contributed by atoms with Crippen molar-refractivity contribution >= 4 is 21.8 Å². The molecule has 1 unspecified atom stereocenters. The third-order valence-corrected chi connectivity index (χ3v) is 7.10. The van der Waals surface area contributed by atoms with Crippen molar-refractivity contribution in [3.05, 3.63) is 11.6 Å². The lowest BCUT2D eigenvalue weighted by molar-refractivity contribution is 0.297. The first-order valence-electron chi connectivity index (χ1n) is 7.88. The predicted octanol–water partition coefficient (Wildman–Crippen LogP) is 3.04. The summed E-state index contributed by atoms with van der Waals surface area (Å²) in [6.45, 7) is 4.14. The summed E-state index contributed by atoms with van der Waals surface area (Å²) in [4.78, 5) is 0. The molecular formula is C15H29NO3S2. The van der Waals surface area contributed by atoms with E-state index in [0.29, 0.717) is 12.3 Å². The zero-order valence-electron chi connectivity index (χ0n) is 13.2. The molecular weight excluding hydrogens is 306 g/mol. The van der Waals surface area contributed by atoms with Crippen molar-refractivity contribution in [2.24, 2.45) is 0 Å². The van der Waals surface area contributed by atoms with Crippen LogP contribution in [0.2, 0.25) is 0 Å². The van der Waals surface area contributed by atoms with E-state index in [9.17, 15) is 13.5 Å². The van der Waals surface area contributed by atoms with E-state index in [1.807, 2.05) is 19.9 Å². The van der Waals surface area contributed by atoms with Crippen molar-refractivity contribution in [1.29, 1.82) is 0 Å². The van der Waals surface area contributed by atoms with Gasteiger partial charge in [0.15, 0.2) is 0 Å². The van der Waals surface area contributed by atoms with E-state index in [1.165, 1.54) is 18.2 Å². The summed E-state index contributed by atoms with van der Waals surface area (Å²) in [7, 11) is -3.21. The molecule has 0 aliphatic heterocycles. The molecule has 124 valence electrons. The van der Waals surface area contributed by atoms with Gasteiger partial charge in [0.25, 0.3) is 0 Å². The molecule has 1 saturated carbocycles. The van der Waals surface area contributed by atoms with Crippen LogP contribution in [0, 0.1) is 0 Å². The number of allylic oxidation sites excluding steroid dienone is 1. The number of rotatable bonds is 7. The van der Waals surface area contributed by atoms with Crippen LogP contribution in [0.15, 0.2) is 11.6 Å². The molecule has 0 aromatic heterocycles. The number of sulfonamides is 1. The molecule has 1 aliphatic rings. The monoisotopic (exact) mass is 335 g/mol. The summed E-state index contributed by atoms with van der Waals surface area (Å²) >= 11 is 1.36. The highest BCUT2D eigenvalue weighted by atomic mass is 32.2. The van der Waals surface area contributed by atoms with Gasteiger partial charge in [0.2, 0.25) is 10.0 Å². The van der Waals surface area contributed by atoms with Crippen LogP contribution in [0.25, 0.3) is 0 Å². The fourth-order valence-corrected chi connectivity index (χ4v) is 5.02. The topological polar surface area (TPSA) is 66.4 Å². The Morgan fingerprint density at radius 3 is 2.43 bits per heavy atom. The number of thioether (sulfide) groups is 1. The average molecular weight is 336 g/mol. The van der Waals surface area contributed by atoms with Crippen LogP contribution in [0.3, 0.4) is 0 Å². The lowest BCUT2D eigenvalue weighted by Gasteiger charge is -2.20. The smallest absolute Gasteiger partial charge is 0.214 e. The maximum atomic E-state index is 12.3. The van der Waals surface area contributed by atoms with E-state index in [-0.39, 0.29) is 5.25 Å². The average Bonchev–Trinajstić information content (AvgIpc) is 2.41. The van der Waals surface area contributed by atoms with Gasteiger partial charge in [-0.15, -0.1) is 11.8 Å². The Morgan fingerprint density at radius 2 is 1.86 bits per heavy atom. The minimum absolute atomic E-state index is 0.231. The number of hydrogen-bond acceptors (Lipinski definition) is 4. The Bertz CT molecular complexity index is 413. The van der Waals surface area contributed by atoms with E-state index in [0.717, 1.165) is 44.1 Å². The summed E-state index contributed by atoms with van der Waals surface area (Å²) < 4.78 is 27.3. The van der Waals surface area contributed by atoms with Crippen molar-refractivity contribution in [1.82, 2.24) is 4.72 Å². The molecule has 1 atom stereocenters. The van der Waals surface area contributed by atoms with Gasteiger partial charge in [0, 0.05) is 12.3 Å². The molecule has 0 aromatic carbocycles. The molecule has 0 radical (unpaired) electrons. The Kier molecular flexibility index (Phi) is 8.94. The molecule has 0 bridgehead atoms. The molecule has 2 N–H and O–H groups in total. The molecule has 4 nitrogen and oxygen atoms in total. The third-order valence-electron chi connectivity index (χ3n) is 4.02. The SMILES string of the molecule is CC=C(C)C(O)SCCNS(=O)(=O)C1CCCCCCC1. The van der Waals surface area contributed by atoms with Gasteiger partial charge < -0.3 is 5.11 Å². The van der Waals surface area contributed by atoms with E-state index in [2.05, 4.69) is 4.72 Å². The van der Waals surface area contributed by atoms with E-state index in [4.69, 9.17) is 0 Å². The van der Waals surface area contributed by atoms with Gasteiger partial charge in [-0.05, 0) is 32.3 Å². The summed E-state index contributed by atoms with van der Waals surface area (Å²) in [5.41, 5.74) is 0.365. The molecule has 1 rings (SSSR count). The molecule has 0 aromatic rings. The van der Waals surface area contributed by atoms with Gasteiger partial charge in [-0.1, -0.05) is 38.2 Å². The largest absolute Gasteiger partial charge is 0.378 e. The van der Waals surface area contributed by atoms with Crippen molar-refractivity contribution < 1.29 is 13.5 Å². The second-order valence-corrected chi connectivity index (χ2v) is 8.90. The van der Waals surface area contributed by atoms with E-state index in [1.54, 1.807) is 0 Å². The zero-order valence-corrected chi connectivity index (χ0v) is 14.8. The lowest BCUT2D eigenvalue weighted by Crippen LogP contribution is -2.36. The first-order valence-corrected chi connectivity index (χ1v) is 10.5. The Morgan fingerprint density at radius 1 is 1.29 bits per heavy atom. The molecule has 6 heteroatoms. The van der Waals surface area contributed by atoms with Crippen molar-refractivity contribution in [3.63, 3.8) is 0 Å². The van der Waals surface area contributed by atoms with Crippen LogP contribution in [-0.2, 0) is 10.0 Å². The highest BCUT2D eigenvalue weighted by molar-refractivity contribution is 8.00. The summed E-state index contributed by atoms with van der Waals surface area (Å²) in [6.07, 6.45) is 8.99. The minimum Gasteiger partial charge on any atom is -0.378 e. The number of nitrogens with one attached hydrogen (secondary N) is 1. The van der Waals surface area contributed by atoms with Crippen LogP contribution in [0.5, 0.6) is 0 Å². The van der Waals surface area contributed by atoms with Crippen LogP contribution >= 0.6 is 11.8 Å². The quantitative estimate of drug-likeness (QED) is 0.426. The van der Waals surface area contributed by atoms with Gasteiger partial charge in [0.05, 0.1) is 5.25 Å². The van der Waals surface area contributed by atoms with Crippen molar-refractivity contribution in [2.45, 2.75) is 69.5 Å². The molecule has 1 aliphatic carbocycles. The van der Waals surface area contributed by atoms with Crippen LogP contribution in [-0.4, -0.2) is 36.5 Å². The fraction of sp³-hybridized carbons (Fsp3) is 0.867. The van der Waals surface area contributed by atoms with Crippen molar-refractivity contribution in [2.75, 3.05) is 12.3 Å². The summed E-state index contributed by atoms with van der Waals surface area (Å²) in [5.74, 6) is 0.582.